The third-order valence-electron chi connectivity index (χ3n) is 2.14. The molecular weight excluding hydrogens is 96.1 g/mol. The lowest BCUT2D eigenvalue weighted by Crippen LogP contribution is -1.90. The molecule has 0 nitrogen and oxygen atoms in total. The van der Waals surface area contributed by atoms with Gasteiger partial charge in [0, 0.05) is 0 Å². The highest BCUT2D eigenvalue weighted by molar-refractivity contribution is 4.88. The topological polar surface area (TPSA) is 0 Å². The van der Waals surface area contributed by atoms with Crippen LogP contribution in [0.3, 0.4) is 0 Å². The maximum Gasteiger partial charge on any atom is -0.0325 e. The van der Waals surface area contributed by atoms with Crippen molar-refractivity contribution in [3.63, 3.8) is 0 Å². The maximum atomic E-state index is 2.39. The van der Waals surface area contributed by atoms with Gasteiger partial charge in [-0.3, -0.25) is 0 Å². The second-order valence-corrected chi connectivity index (χ2v) is 3.26. The molecule has 0 aromatic rings. The number of hydrogen-bond donors (Lipinski definition) is 0. The average molecular weight is 111 g/mol. The van der Waals surface area contributed by atoms with Gasteiger partial charge in [0.05, 0.1) is 0 Å². The van der Waals surface area contributed by atoms with Crippen molar-refractivity contribution < 1.29 is 0 Å². The van der Waals surface area contributed by atoms with Crippen LogP contribution >= 0.6 is 0 Å². The Hall–Kier alpha value is 0. The van der Waals surface area contributed by atoms with Crippen LogP contribution in [0.15, 0.2) is 0 Å². The van der Waals surface area contributed by atoms with E-state index in [0.29, 0.717) is 0 Å². The SMILES string of the molecule is C[CH]CCC1(C)CC1. The van der Waals surface area contributed by atoms with Crippen LogP contribution in [0.2, 0.25) is 0 Å². The Morgan fingerprint density at radius 3 is 2.50 bits per heavy atom. The van der Waals surface area contributed by atoms with Crippen molar-refractivity contribution in [2.75, 3.05) is 0 Å². The minimum absolute atomic E-state index is 0.770. The van der Waals surface area contributed by atoms with Crippen LogP contribution in [0.25, 0.3) is 0 Å². The second kappa shape index (κ2) is 2.08. The zero-order valence-electron chi connectivity index (χ0n) is 5.91. The van der Waals surface area contributed by atoms with E-state index in [1.807, 2.05) is 0 Å². The summed E-state index contributed by atoms with van der Waals surface area (Å²) in [5, 5.41) is 0. The number of rotatable bonds is 3. The third kappa shape index (κ3) is 1.50. The number of unbranched alkanes of at least 4 members (excludes halogenated alkanes) is 1. The van der Waals surface area contributed by atoms with E-state index in [9.17, 15) is 0 Å². The van der Waals surface area contributed by atoms with Gasteiger partial charge in [0.25, 0.3) is 0 Å². The minimum Gasteiger partial charge on any atom is -0.0623 e. The Morgan fingerprint density at radius 2 is 2.12 bits per heavy atom. The zero-order chi connectivity index (χ0) is 6.04. The molecule has 0 heteroatoms. The fraction of sp³-hybridized carbons (Fsp3) is 0.875. The van der Waals surface area contributed by atoms with E-state index in [1.54, 1.807) is 0 Å². The van der Waals surface area contributed by atoms with Crippen molar-refractivity contribution in [2.45, 2.75) is 39.5 Å². The Kier molecular flexibility index (Phi) is 1.59. The van der Waals surface area contributed by atoms with E-state index < -0.39 is 0 Å². The van der Waals surface area contributed by atoms with Crippen LogP contribution in [0.1, 0.15) is 39.5 Å². The van der Waals surface area contributed by atoms with Gasteiger partial charge >= 0.3 is 0 Å². The summed E-state index contributed by atoms with van der Waals surface area (Å²) >= 11 is 0. The standard InChI is InChI=1S/C8H15/c1-3-4-5-8(2)6-7-8/h3H,4-7H2,1-2H3. The molecule has 1 radical (unpaired) electrons. The van der Waals surface area contributed by atoms with Gasteiger partial charge in [-0.2, -0.15) is 0 Å². The average Bonchev–Trinajstić information content (AvgIpc) is 2.45. The fourth-order valence-corrected chi connectivity index (χ4v) is 0.956. The Bertz CT molecular complexity index is 70.1. The van der Waals surface area contributed by atoms with Crippen LogP contribution < -0.4 is 0 Å². The molecule has 0 saturated heterocycles. The van der Waals surface area contributed by atoms with Crippen molar-refractivity contribution >= 4 is 0 Å². The molecule has 47 valence electrons. The molecule has 0 aromatic heterocycles. The van der Waals surface area contributed by atoms with E-state index in [0.717, 1.165) is 5.41 Å². The molecule has 0 unspecified atom stereocenters. The zero-order valence-corrected chi connectivity index (χ0v) is 5.91. The van der Waals surface area contributed by atoms with Gasteiger partial charge in [-0.1, -0.05) is 13.8 Å². The molecule has 0 spiro atoms. The Balaban J connectivity index is 2.01. The molecule has 0 heterocycles. The fourth-order valence-electron chi connectivity index (χ4n) is 0.956. The first-order valence-electron chi connectivity index (χ1n) is 3.55. The molecule has 8 heavy (non-hydrogen) atoms. The molecule has 1 fully saturated rings. The van der Waals surface area contributed by atoms with Gasteiger partial charge in [0.2, 0.25) is 0 Å². The maximum absolute atomic E-state index is 2.39. The molecule has 0 aliphatic heterocycles. The highest BCUT2D eigenvalue weighted by Crippen LogP contribution is 2.48. The summed E-state index contributed by atoms with van der Waals surface area (Å²) in [5.41, 5.74) is 0.770. The van der Waals surface area contributed by atoms with E-state index >= 15 is 0 Å². The van der Waals surface area contributed by atoms with Crippen LogP contribution in [0.5, 0.6) is 0 Å². The molecular formula is C8H15. The lowest BCUT2D eigenvalue weighted by molar-refractivity contribution is 0.515. The molecule has 0 aromatic carbocycles. The van der Waals surface area contributed by atoms with Crippen molar-refractivity contribution in [1.82, 2.24) is 0 Å². The third-order valence-corrected chi connectivity index (χ3v) is 2.14. The lowest BCUT2D eigenvalue weighted by Gasteiger charge is -2.03. The van der Waals surface area contributed by atoms with Crippen molar-refractivity contribution in [2.24, 2.45) is 5.41 Å². The molecule has 1 aliphatic carbocycles. The summed E-state index contributed by atoms with van der Waals surface area (Å²) in [6, 6.07) is 0. The summed E-state index contributed by atoms with van der Waals surface area (Å²) in [6.45, 7) is 4.53. The molecule has 1 saturated carbocycles. The predicted molar refractivity (Wildman–Crippen MR) is 36.5 cm³/mol. The van der Waals surface area contributed by atoms with Crippen LogP contribution in [0.4, 0.5) is 0 Å². The highest BCUT2D eigenvalue weighted by atomic mass is 14.4. The first kappa shape index (κ1) is 6.12. The van der Waals surface area contributed by atoms with Crippen LogP contribution in [-0.2, 0) is 0 Å². The lowest BCUT2D eigenvalue weighted by atomic mass is 10.0. The normalized spacial score (nSPS) is 23.2. The van der Waals surface area contributed by atoms with Crippen molar-refractivity contribution in [3.05, 3.63) is 6.42 Å². The molecule has 1 rings (SSSR count). The highest BCUT2D eigenvalue weighted by Gasteiger charge is 2.35. The van der Waals surface area contributed by atoms with Gasteiger partial charge in [0.1, 0.15) is 0 Å². The first-order valence-corrected chi connectivity index (χ1v) is 3.55. The summed E-state index contributed by atoms with van der Waals surface area (Å²) in [5.74, 6) is 0. The van der Waals surface area contributed by atoms with E-state index in [-0.39, 0.29) is 0 Å². The molecule has 0 N–H and O–H groups in total. The van der Waals surface area contributed by atoms with Gasteiger partial charge in [-0.15, -0.1) is 0 Å². The van der Waals surface area contributed by atoms with Gasteiger partial charge in [-0.05, 0) is 37.5 Å². The monoisotopic (exact) mass is 111 g/mol. The van der Waals surface area contributed by atoms with Crippen LogP contribution in [-0.4, -0.2) is 0 Å². The van der Waals surface area contributed by atoms with Crippen LogP contribution in [0, 0.1) is 11.8 Å². The van der Waals surface area contributed by atoms with Gasteiger partial charge in [0.15, 0.2) is 0 Å². The van der Waals surface area contributed by atoms with Gasteiger partial charge < -0.3 is 0 Å². The molecule has 1 aliphatic rings. The first-order chi connectivity index (χ1) is 3.77. The van der Waals surface area contributed by atoms with E-state index in [4.69, 9.17) is 0 Å². The summed E-state index contributed by atoms with van der Waals surface area (Å²) in [6.07, 6.45) is 7.95. The van der Waals surface area contributed by atoms with E-state index in [1.165, 1.54) is 25.7 Å². The summed E-state index contributed by atoms with van der Waals surface area (Å²) < 4.78 is 0. The Labute approximate surface area is 52.3 Å². The quantitative estimate of drug-likeness (QED) is 0.525. The Morgan fingerprint density at radius 1 is 1.50 bits per heavy atom. The molecule has 0 atom stereocenters. The van der Waals surface area contributed by atoms with E-state index in [2.05, 4.69) is 20.3 Å². The molecule has 0 bridgehead atoms. The second-order valence-electron chi connectivity index (χ2n) is 3.26. The smallest absolute Gasteiger partial charge is 0.0325 e. The minimum atomic E-state index is 0.770. The van der Waals surface area contributed by atoms with Gasteiger partial charge in [-0.25, -0.2) is 0 Å². The number of hydrogen-bond acceptors (Lipinski definition) is 0. The largest absolute Gasteiger partial charge is 0.0623 e. The van der Waals surface area contributed by atoms with Crippen molar-refractivity contribution in [3.8, 4) is 0 Å². The summed E-state index contributed by atoms with van der Waals surface area (Å²) in [4.78, 5) is 0. The predicted octanol–water partition coefficient (Wildman–Crippen LogP) is 2.79. The van der Waals surface area contributed by atoms with Crippen molar-refractivity contribution in [1.29, 1.82) is 0 Å². The molecule has 0 amide bonds. The summed E-state index contributed by atoms with van der Waals surface area (Å²) in [7, 11) is 0.